The van der Waals surface area contributed by atoms with Crippen molar-refractivity contribution in [2.24, 2.45) is 0 Å². The third-order valence-electron chi connectivity index (χ3n) is 4.58. The minimum atomic E-state index is -0.519. The van der Waals surface area contributed by atoms with Gasteiger partial charge in [0.25, 0.3) is 5.56 Å². The number of nitriles is 1. The zero-order valence-corrected chi connectivity index (χ0v) is 15.8. The van der Waals surface area contributed by atoms with Gasteiger partial charge in [-0.2, -0.15) is 10.4 Å². The van der Waals surface area contributed by atoms with Gasteiger partial charge >= 0.3 is 0 Å². The zero-order chi connectivity index (χ0) is 18.8. The second-order valence-corrected chi connectivity index (χ2v) is 7.87. The lowest BCUT2D eigenvalue weighted by molar-refractivity contribution is -0.119. The molecular formula is C19H20N4O2S. The number of anilines is 1. The molecule has 26 heavy (non-hydrogen) atoms. The summed E-state index contributed by atoms with van der Waals surface area (Å²) in [7, 11) is 0. The molecule has 1 unspecified atom stereocenters. The molecule has 3 rings (SSSR count). The number of carbonyl (C=O) groups is 1. The molecule has 1 aliphatic heterocycles. The first kappa shape index (κ1) is 18.2. The average Bonchev–Trinajstić information content (AvgIpc) is 2.78. The molecule has 134 valence electrons. The summed E-state index contributed by atoms with van der Waals surface area (Å²) < 4.78 is 1.10. The largest absolute Gasteiger partial charge is 0.310 e. The second kappa shape index (κ2) is 7.34. The summed E-state index contributed by atoms with van der Waals surface area (Å²) in [6.07, 6.45) is 0.865. The monoisotopic (exact) mass is 368 g/mol. The lowest BCUT2D eigenvalue weighted by Crippen LogP contribution is -2.39. The van der Waals surface area contributed by atoms with Gasteiger partial charge in [0, 0.05) is 16.7 Å². The van der Waals surface area contributed by atoms with E-state index in [-0.39, 0.29) is 18.0 Å². The number of nitrogens with zero attached hydrogens (tertiary/aromatic N) is 4. The molecule has 0 saturated heterocycles. The summed E-state index contributed by atoms with van der Waals surface area (Å²) in [5.41, 5.74) is 1.53. The van der Waals surface area contributed by atoms with Crippen LogP contribution < -0.4 is 10.5 Å². The molecule has 1 atom stereocenters. The Kier molecular flexibility index (Phi) is 5.14. The molecule has 1 aliphatic rings. The third kappa shape index (κ3) is 3.37. The van der Waals surface area contributed by atoms with E-state index >= 15 is 0 Å². The maximum atomic E-state index is 13.0. The van der Waals surface area contributed by atoms with Crippen molar-refractivity contribution in [2.75, 3.05) is 11.4 Å². The highest BCUT2D eigenvalue weighted by molar-refractivity contribution is 8.00. The van der Waals surface area contributed by atoms with E-state index in [4.69, 9.17) is 0 Å². The number of rotatable bonds is 2. The van der Waals surface area contributed by atoms with Crippen LogP contribution >= 0.6 is 11.8 Å². The lowest BCUT2D eigenvalue weighted by Gasteiger charge is -2.23. The Bertz CT molecular complexity index is 961. The van der Waals surface area contributed by atoms with Crippen molar-refractivity contribution in [3.63, 3.8) is 0 Å². The predicted molar refractivity (Wildman–Crippen MR) is 101 cm³/mol. The fraction of sp³-hybridized carbons (Fsp3) is 0.368. The van der Waals surface area contributed by atoms with Crippen LogP contribution in [0.5, 0.6) is 0 Å². The molecular weight excluding hydrogens is 348 g/mol. The molecule has 6 nitrogen and oxygen atoms in total. The van der Waals surface area contributed by atoms with Gasteiger partial charge in [-0.25, -0.2) is 4.68 Å². The fourth-order valence-electron chi connectivity index (χ4n) is 2.97. The molecule has 2 aromatic rings. The normalized spacial score (nSPS) is 16.5. The molecule has 1 aromatic carbocycles. The average molecular weight is 368 g/mol. The number of para-hydroxylation sites is 1. The maximum Gasteiger partial charge on any atom is 0.285 e. The Morgan fingerprint density at radius 3 is 2.85 bits per heavy atom. The van der Waals surface area contributed by atoms with Gasteiger partial charge in [0.2, 0.25) is 5.91 Å². The van der Waals surface area contributed by atoms with Gasteiger partial charge in [-0.1, -0.05) is 19.1 Å². The standard InChI is InChI=1S/C19H20N4O2S/c1-12-8-9-22(16-6-4-5-7-17(16)26-12)18(24)11-23-19(25)15(10-20)13(2)14(3)21-23/h4-7,12H,8-9,11H2,1-3H3. The van der Waals surface area contributed by atoms with Crippen LogP contribution in [0, 0.1) is 25.2 Å². The fourth-order valence-corrected chi connectivity index (χ4v) is 4.08. The van der Waals surface area contributed by atoms with Gasteiger partial charge in [-0.05, 0) is 38.0 Å². The third-order valence-corrected chi connectivity index (χ3v) is 5.82. The highest BCUT2D eigenvalue weighted by Crippen LogP contribution is 2.37. The summed E-state index contributed by atoms with van der Waals surface area (Å²) in [5, 5.41) is 13.9. The minimum absolute atomic E-state index is 0.0470. The van der Waals surface area contributed by atoms with Gasteiger partial charge in [0.1, 0.15) is 18.2 Å². The van der Waals surface area contributed by atoms with Crippen LogP contribution in [-0.4, -0.2) is 27.5 Å². The highest BCUT2D eigenvalue weighted by atomic mass is 32.2. The number of carbonyl (C=O) groups excluding carboxylic acids is 1. The smallest absolute Gasteiger partial charge is 0.285 e. The molecule has 0 N–H and O–H groups in total. The number of aryl methyl sites for hydroxylation is 1. The van der Waals surface area contributed by atoms with Crippen molar-refractivity contribution < 1.29 is 4.79 Å². The van der Waals surface area contributed by atoms with Crippen LogP contribution in [0.4, 0.5) is 5.69 Å². The number of thioether (sulfide) groups is 1. The summed E-state index contributed by atoms with van der Waals surface area (Å²) in [4.78, 5) is 28.2. The van der Waals surface area contributed by atoms with Gasteiger partial charge in [0.05, 0.1) is 11.4 Å². The highest BCUT2D eigenvalue weighted by Gasteiger charge is 2.25. The molecule has 0 fully saturated rings. The van der Waals surface area contributed by atoms with E-state index in [1.807, 2.05) is 30.3 Å². The van der Waals surface area contributed by atoms with Crippen LogP contribution in [0.1, 0.15) is 30.2 Å². The first-order valence-corrected chi connectivity index (χ1v) is 9.34. The maximum absolute atomic E-state index is 13.0. The van der Waals surface area contributed by atoms with Crippen molar-refractivity contribution in [3.05, 3.63) is 51.4 Å². The SMILES string of the molecule is Cc1nn(CC(=O)N2CCC(C)Sc3ccccc32)c(=O)c(C#N)c1C. The quantitative estimate of drug-likeness (QED) is 0.814. The van der Waals surface area contributed by atoms with Crippen LogP contribution in [0.3, 0.4) is 0 Å². The summed E-state index contributed by atoms with van der Waals surface area (Å²) in [6, 6.07) is 9.73. The van der Waals surface area contributed by atoms with E-state index in [2.05, 4.69) is 12.0 Å². The summed E-state index contributed by atoms with van der Waals surface area (Å²) >= 11 is 1.75. The van der Waals surface area contributed by atoms with Crippen LogP contribution in [0.15, 0.2) is 34.0 Å². The second-order valence-electron chi connectivity index (χ2n) is 6.39. The Morgan fingerprint density at radius 2 is 2.12 bits per heavy atom. The molecule has 0 radical (unpaired) electrons. The first-order chi connectivity index (χ1) is 12.4. The number of aromatic nitrogens is 2. The number of hydrogen-bond donors (Lipinski definition) is 0. The lowest BCUT2D eigenvalue weighted by atomic mass is 10.1. The van der Waals surface area contributed by atoms with Crippen molar-refractivity contribution in [2.45, 2.75) is 43.9 Å². The molecule has 0 saturated carbocycles. The number of fused-ring (bicyclic) bond motifs is 1. The van der Waals surface area contributed by atoms with Crippen molar-refractivity contribution in [1.82, 2.24) is 9.78 Å². The van der Waals surface area contributed by atoms with E-state index < -0.39 is 5.56 Å². The molecule has 1 aromatic heterocycles. The Labute approximate surface area is 156 Å². The predicted octanol–water partition coefficient (Wildman–Crippen LogP) is 2.65. The Hall–Kier alpha value is -2.59. The van der Waals surface area contributed by atoms with E-state index in [1.54, 1.807) is 30.5 Å². The van der Waals surface area contributed by atoms with Crippen molar-refractivity contribution in [1.29, 1.82) is 5.26 Å². The van der Waals surface area contributed by atoms with Crippen molar-refractivity contribution >= 4 is 23.4 Å². The van der Waals surface area contributed by atoms with E-state index in [0.717, 1.165) is 21.7 Å². The van der Waals surface area contributed by atoms with Crippen molar-refractivity contribution in [3.8, 4) is 6.07 Å². The topological polar surface area (TPSA) is 79.0 Å². The van der Waals surface area contributed by atoms with Gasteiger partial charge < -0.3 is 4.90 Å². The van der Waals surface area contributed by atoms with E-state index in [9.17, 15) is 14.9 Å². The first-order valence-electron chi connectivity index (χ1n) is 8.47. The molecule has 0 bridgehead atoms. The Morgan fingerprint density at radius 1 is 1.38 bits per heavy atom. The van der Waals surface area contributed by atoms with Crippen LogP contribution in [-0.2, 0) is 11.3 Å². The molecule has 2 heterocycles. The summed E-state index contributed by atoms with van der Waals surface area (Å²) in [5.74, 6) is -0.200. The van der Waals surface area contributed by atoms with Crippen LogP contribution in [0.2, 0.25) is 0 Å². The van der Waals surface area contributed by atoms with Gasteiger partial charge in [0.15, 0.2) is 0 Å². The van der Waals surface area contributed by atoms with Gasteiger partial charge in [-0.15, -0.1) is 11.8 Å². The van der Waals surface area contributed by atoms with E-state index in [1.165, 1.54) is 0 Å². The molecule has 1 amide bonds. The molecule has 0 spiro atoms. The number of hydrogen-bond acceptors (Lipinski definition) is 5. The van der Waals surface area contributed by atoms with Crippen LogP contribution in [0.25, 0.3) is 0 Å². The molecule has 7 heteroatoms. The van der Waals surface area contributed by atoms with E-state index in [0.29, 0.717) is 23.1 Å². The van der Waals surface area contributed by atoms with Gasteiger partial charge in [-0.3, -0.25) is 9.59 Å². The number of benzene rings is 1. The number of amides is 1. The Balaban J connectivity index is 1.96. The molecule has 0 aliphatic carbocycles. The zero-order valence-electron chi connectivity index (χ0n) is 15.0. The summed E-state index contributed by atoms with van der Waals surface area (Å²) in [6.45, 7) is 5.98. The minimum Gasteiger partial charge on any atom is -0.310 e.